The lowest BCUT2D eigenvalue weighted by atomic mass is 9.99. The first kappa shape index (κ1) is 13.3. The number of carbonyl (C=O) groups is 1. The molecular formula is C17H22N2O. The van der Waals surface area contributed by atoms with Gasteiger partial charge in [0.1, 0.15) is 11.6 Å². The summed E-state index contributed by atoms with van der Waals surface area (Å²) in [5.41, 5.74) is 2.08. The van der Waals surface area contributed by atoms with Crippen molar-refractivity contribution in [2.45, 2.75) is 44.9 Å². The van der Waals surface area contributed by atoms with Crippen LogP contribution in [0.15, 0.2) is 24.3 Å². The van der Waals surface area contributed by atoms with Gasteiger partial charge < -0.3 is 4.57 Å². The van der Waals surface area contributed by atoms with Crippen LogP contribution in [0.25, 0.3) is 11.0 Å². The Morgan fingerprint density at radius 2 is 2.05 bits per heavy atom. The lowest BCUT2D eigenvalue weighted by molar-refractivity contribution is -0.118. The molecule has 1 heterocycles. The largest absolute Gasteiger partial charge is 0.331 e. The van der Waals surface area contributed by atoms with Crippen LogP contribution in [-0.4, -0.2) is 15.3 Å². The van der Waals surface area contributed by atoms with Crippen LogP contribution in [0.3, 0.4) is 0 Å². The maximum absolute atomic E-state index is 12.1. The van der Waals surface area contributed by atoms with E-state index in [0.717, 1.165) is 29.2 Å². The number of carbonyl (C=O) groups excluding carboxylic acids is 1. The zero-order valence-electron chi connectivity index (χ0n) is 12.1. The molecule has 1 aromatic heterocycles. The van der Waals surface area contributed by atoms with E-state index >= 15 is 0 Å². The quantitative estimate of drug-likeness (QED) is 0.831. The minimum Gasteiger partial charge on any atom is -0.331 e. The Morgan fingerprint density at radius 3 is 2.80 bits per heavy atom. The number of fused-ring (bicyclic) bond motifs is 1. The van der Waals surface area contributed by atoms with Crippen molar-refractivity contribution in [2.24, 2.45) is 13.0 Å². The molecule has 0 bridgehead atoms. The number of rotatable bonds is 5. The second-order valence-electron chi connectivity index (χ2n) is 5.98. The molecular weight excluding hydrogens is 248 g/mol. The molecule has 3 heteroatoms. The molecule has 3 nitrogen and oxygen atoms in total. The average molecular weight is 270 g/mol. The fraction of sp³-hybridized carbons (Fsp3) is 0.529. The number of aromatic nitrogens is 2. The fourth-order valence-electron chi connectivity index (χ4n) is 3.28. The summed E-state index contributed by atoms with van der Waals surface area (Å²) in [6, 6.07) is 8.05. The van der Waals surface area contributed by atoms with E-state index in [-0.39, 0.29) is 0 Å². The molecule has 1 aliphatic carbocycles. The van der Waals surface area contributed by atoms with Gasteiger partial charge in [0.25, 0.3) is 0 Å². The van der Waals surface area contributed by atoms with Crippen molar-refractivity contribution in [3.05, 3.63) is 30.1 Å². The van der Waals surface area contributed by atoms with Crippen molar-refractivity contribution < 1.29 is 4.79 Å². The van der Waals surface area contributed by atoms with Gasteiger partial charge in [-0.1, -0.05) is 37.8 Å². The maximum Gasteiger partial charge on any atom is 0.140 e. The molecule has 2 aromatic rings. The maximum atomic E-state index is 12.1. The van der Waals surface area contributed by atoms with Gasteiger partial charge in [-0.05, 0) is 24.5 Å². The highest BCUT2D eigenvalue weighted by Gasteiger charge is 2.17. The fourth-order valence-corrected chi connectivity index (χ4v) is 3.28. The summed E-state index contributed by atoms with van der Waals surface area (Å²) in [4.78, 5) is 16.7. The molecule has 1 aliphatic rings. The van der Waals surface area contributed by atoms with E-state index in [2.05, 4.69) is 11.1 Å². The van der Waals surface area contributed by atoms with Gasteiger partial charge in [-0.2, -0.15) is 0 Å². The van der Waals surface area contributed by atoms with E-state index < -0.39 is 0 Å². The molecule has 0 atom stereocenters. The molecule has 0 radical (unpaired) electrons. The van der Waals surface area contributed by atoms with E-state index in [1.54, 1.807) is 0 Å². The molecule has 106 valence electrons. The van der Waals surface area contributed by atoms with Crippen molar-refractivity contribution in [2.75, 3.05) is 0 Å². The topological polar surface area (TPSA) is 34.9 Å². The van der Waals surface area contributed by atoms with E-state index in [9.17, 15) is 4.79 Å². The van der Waals surface area contributed by atoms with Crippen molar-refractivity contribution in [1.82, 2.24) is 9.55 Å². The van der Waals surface area contributed by atoms with Gasteiger partial charge >= 0.3 is 0 Å². The zero-order valence-corrected chi connectivity index (χ0v) is 12.1. The number of imidazole rings is 1. The molecule has 0 unspecified atom stereocenters. The summed E-state index contributed by atoms with van der Waals surface area (Å²) in [7, 11) is 1.99. The molecule has 3 rings (SSSR count). The minimum absolute atomic E-state index is 0.329. The predicted molar refractivity (Wildman–Crippen MR) is 80.6 cm³/mol. The van der Waals surface area contributed by atoms with Gasteiger partial charge in [0, 0.05) is 13.5 Å². The first-order chi connectivity index (χ1) is 9.74. The van der Waals surface area contributed by atoms with Crippen molar-refractivity contribution in [3.8, 4) is 0 Å². The first-order valence-electron chi connectivity index (χ1n) is 7.66. The second kappa shape index (κ2) is 5.78. The number of para-hydroxylation sites is 2. The number of nitrogens with zero attached hydrogens (tertiary/aromatic N) is 2. The number of hydrogen-bond acceptors (Lipinski definition) is 2. The van der Waals surface area contributed by atoms with E-state index in [4.69, 9.17) is 0 Å². The highest BCUT2D eigenvalue weighted by Crippen LogP contribution is 2.28. The normalized spacial score (nSPS) is 16.1. The Labute approximate surface area is 120 Å². The average Bonchev–Trinajstić information content (AvgIpc) is 3.07. The summed E-state index contributed by atoms with van der Waals surface area (Å²) in [5, 5.41) is 0. The summed E-state index contributed by atoms with van der Waals surface area (Å²) in [6.07, 6.45) is 7.60. The summed E-state index contributed by atoms with van der Waals surface area (Å²) >= 11 is 0. The molecule has 0 aliphatic heterocycles. The molecule has 1 fully saturated rings. The Hall–Kier alpha value is -1.64. The highest BCUT2D eigenvalue weighted by molar-refractivity contribution is 5.82. The van der Waals surface area contributed by atoms with Crippen molar-refractivity contribution >= 4 is 16.8 Å². The van der Waals surface area contributed by atoms with Crippen LogP contribution in [0.1, 0.15) is 44.3 Å². The Bertz CT molecular complexity index is 608. The lowest BCUT2D eigenvalue weighted by Crippen LogP contribution is -2.09. The SMILES string of the molecule is Cn1c(CC(=O)CCC2CCCC2)nc2ccccc21. The van der Waals surface area contributed by atoms with Crippen LogP contribution >= 0.6 is 0 Å². The highest BCUT2D eigenvalue weighted by atomic mass is 16.1. The molecule has 1 aromatic carbocycles. The second-order valence-corrected chi connectivity index (χ2v) is 5.98. The molecule has 0 saturated heterocycles. The van der Waals surface area contributed by atoms with E-state index in [1.807, 2.05) is 29.8 Å². The smallest absolute Gasteiger partial charge is 0.140 e. The van der Waals surface area contributed by atoms with Crippen LogP contribution < -0.4 is 0 Å². The van der Waals surface area contributed by atoms with Crippen molar-refractivity contribution in [3.63, 3.8) is 0 Å². The van der Waals surface area contributed by atoms with Gasteiger partial charge in [0.2, 0.25) is 0 Å². The lowest BCUT2D eigenvalue weighted by Gasteiger charge is -2.07. The van der Waals surface area contributed by atoms with Gasteiger partial charge in [0.15, 0.2) is 0 Å². The number of benzene rings is 1. The van der Waals surface area contributed by atoms with Crippen LogP contribution in [0.5, 0.6) is 0 Å². The molecule has 0 spiro atoms. The molecule has 20 heavy (non-hydrogen) atoms. The van der Waals surface area contributed by atoms with Crippen molar-refractivity contribution in [1.29, 1.82) is 0 Å². The summed E-state index contributed by atoms with van der Waals surface area (Å²) in [5.74, 6) is 2.01. The predicted octanol–water partition coefficient (Wildman–Crippen LogP) is 3.66. The summed E-state index contributed by atoms with van der Waals surface area (Å²) in [6.45, 7) is 0. The van der Waals surface area contributed by atoms with Crippen LogP contribution in [0.2, 0.25) is 0 Å². The Balaban J connectivity index is 1.63. The Kier molecular flexibility index (Phi) is 3.86. The van der Waals surface area contributed by atoms with Gasteiger partial charge in [0.05, 0.1) is 17.5 Å². The third kappa shape index (κ3) is 2.77. The van der Waals surface area contributed by atoms with Crippen LogP contribution in [0.4, 0.5) is 0 Å². The zero-order chi connectivity index (χ0) is 13.9. The minimum atomic E-state index is 0.329. The van der Waals surface area contributed by atoms with E-state index in [0.29, 0.717) is 18.6 Å². The molecule has 1 saturated carbocycles. The van der Waals surface area contributed by atoms with Crippen LogP contribution in [-0.2, 0) is 18.3 Å². The van der Waals surface area contributed by atoms with Gasteiger partial charge in [-0.25, -0.2) is 4.98 Å². The summed E-state index contributed by atoms with van der Waals surface area (Å²) < 4.78 is 2.04. The number of ketones is 1. The van der Waals surface area contributed by atoms with Gasteiger partial charge in [-0.3, -0.25) is 4.79 Å². The standard InChI is InChI=1S/C17H22N2O/c1-19-16-9-5-4-8-15(16)18-17(19)12-14(20)11-10-13-6-2-3-7-13/h4-5,8-9,13H,2-3,6-7,10-12H2,1H3. The van der Waals surface area contributed by atoms with Crippen LogP contribution in [0, 0.1) is 5.92 Å². The Morgan fingerprint density at radius 1 is 1.30 bits per heavy atom. The monoisotopic (exact) mass is 270 g/mol. The molecule has 0 N–H and O–H groups in total. The first-order valence-corrected chi connectivity index (χ1v) is 7.66. The van der Waals surface area contributed by atoms with E-state index in [1.165, 1.54) is 25.7 Å². The number of aryl methyl sites for hydroxylation is 1. The third-order valence-corrected chi connectivity index (χ3v) is 4.54. The molecule has 0 amide bonds. The number of Topliss-reactive ketones (excluding diaryl/α,β-unsaturated/α-hetero) is 1. The third-order valence-electron chi connectivity index (χ3n) is 4.54. The number of hydrogen-bond donors (Lipinski definition) is 0. The van der Waals surface area contributed by atoms with Gasteiger partial charge in [-0.15, -0.1) is 0 Å².